The lowest BCUT2D eigenvalue weighted by Gasteiger charge is -2.13. The van der Waals surface area contributed by atoms with Crippen LogP contribution in [0.4, 0.5) is 0 Å². The van der Waals surface area contributed by atoms with Crippen molar-refractivity contribution in [3.8, 4) is 5.75 Å². The fraction of sp³-hybridized carbons (Fsp3) is 0.533. The number of carbonyl (C=O) groups is 1. The van der Waals surface area contributed by atoms with Crippen LogP contribution in [0.5, 0.6) is 5.75 Å². The van der Waals surface area contributed by atoms with Crippen LogP contribution < -0.4 is 4.74 Å². The highest BCUT2D eigenvalue weighted by Gasteiger charge is 2.16. The lowest BCUT2D eigenvalue weighted by Crippen LogP contribution is -2.09. The molecule has 1 aromatic rings. The molecule has 1 unspecified atom stereocenters. The third kappa shape index (κ3) is 3.52. The van der Waals surface area contributed by atoms with E-state index in [1.54, 1.807) is 18.9 Å². The Bertz CT molecular complexity index is 427. The van der Waals surface area contributed by atoms with Crippen LogP contribution in [0.3, 0.4) is 0 Å². The molecule has 18 heavy (non-hydrogen) atoms. The Morgan fingerprint density at radius 2 is 2.06 bits per heavy atom. The van der Waals surface area contributed by atoms with Gasteiger partial charge in [-0.05, 0) is 37.5 Å². The summed E-state index contributed by atoms with van der Waals surface area (Å²) in [5.41, 5.74) is 2.91. The average Bonchev–Trinajstić information content (AvgIpc) is 2.38. The number of ketones is 1. The summed E-state index contributed by atoms with van der Waals surface area (Å²) in [7, 11) is 1.63. The van der Waals surface area contributed by atoms with Crippen molar-refractivity contribution in [2.45, 2.75) is 39.4 Å². The molecule has 0 aliphatic carbocycles. The molecule has 0 aliphatic heterocycles. The van der Waals surface area contributed by atoms with E-state index in [0.717, 1.165) is 23.3 Å². The van der Waals surface area contributed by atoms with Crippen molar-refractivity contribution in [1.29, 1.82) is 0 Å². The predicted octanol–water partition coefficient (Wildman–Crippen LogP) is 4.03. The minimum absolute atomic E-state index is 0.153. The number of Topliss-reactive ketones (excluding diaryl/α,β-unsaturated/α-hetero) is 1. The van der Waals surface area contributed by atoms with Crippen molar-refractivity contribution >= 4 is 17.5 Å². The summed E-state index contributed by atoms with van der Waals surface area (Å²) in [5.74, 6) is 1.40. The van der Waals surface area contributed by atoms with Gasteiger partial charge in [-0.25, -0.2) is 0 Å². The van der Waals surface area contributed by atoms with Gasteiger partial charge in [0.05, 0.1) is 18.4 Å². The van der Waals surface area contributed by atoms with Gasteiger partial charge in [-0.1, -0.05) is 19.9 Å². The number of methoxy groups -OCH3 is 1. The first-order chi connectivity index (χ1) is 8.51. The quantitative estimate of drug-likeness (QED) is 0.727. The molecule has 0 radical (unpaired) electrons. The van der Waals surface area contributed by atoms with Gasteiger partial charge in [-0.3, -0.25) is 4.79 Å². The SMILES string of the molecule is CCC(C)SCC(=O)c1ccc(C)c(C)c1OC. The van der Waals surface area contributed by atoms with E-state index in [9.17, 15) is 4.79 Å². The molecule has 3 heteroatoms. The summed E-state index contributed by atoms with van der Waals surface area (Å²) in [6.07, 6.45) is 1.09. The Morgan fingerprint density at radius 1 is 1.39 bits per heavy atom. The summed E-state index contributed by atoms with van der Waals surface area (Å²) >= 11 is 1.70. The monoisotopic (exact) mass is 266 g/mol. The molecule has 0 N–H and O–H groups in total. The smallest absolute Gasteiger partial charge is 0.176 e. The highest BCUT2D eigenvalue weighted by molar-refractivity contribution is 8.00. The summed E-state index contributed by atoms with van der Waals surface area (Å²) in [4.78, 5) is 12.2. The Morgan fingerprint density at radius 3 is 2.61 bits per heavy atom. The molecular formula is C15H22O2S. The van der Waals surface area contributed by atoms with Crippen molar-refractivity contribution in [3.05, 3.63) is 28.8 Å². The van der Waals surface area contributed by atoms with Crippen molar-refractivity contribution in [2.75, 3.05) is 12.9 Å². The van der Waals surface area contributed by atoms with Gasteiger partial charge in [0.15, 0.2) is 5.78 Å². The average molecular weight is 266 g/mol. The van der Waals surface area contributed by atoms with Gasteiger partial charge in [-0.2, -0.15) is 11.8 Å². The molecule has 0 saturated heterocycles. The van der Waals surface area contributed by atoms with Crippen molar-refractivity contribution in [1.82, 2.24) is 0 Å². The number of benzene rings is 1. The zero-order chi connectivity index (χ0) is 13.7. The number of aryl methyl sites for hydroxylation is 1. The molecule has 100 valence electrons. The maximum absolute atomic E-state index is 12.2. The molecule has 1 atom stereocenters. The maximum atomic E-state index is 12.2. The second-order valence-corrected chi connectivity index (χ2v) is 5.97. The second-order valence-electron chi connectivity index (χ2n) is 4.54. The first-order valence-corrected chi connectivity index (χ1v) is 7.35. The minimum Gasteiger partial charge on any atom is -0.496 e. The van der Waals surface area contributed by atoms with Crippen LogP contribution in [0.25, 0.3) is 0 Å². The normalized spacial score (nSPS) is 12.3. The summed E-state index contributed by atoms with van der Waals surface area (Å²) in [6, 6.07) is 3.86. The first kappa shape index (κ1) is 15.1. The van der Waals surface area contributed by atoms with Crippen LogP contribution in [0.15, 0.2) is 12.1 Å². The van der Waals surface area contributed by atoms with Gasteiger partial charge in [0.2, 0.25) is 0 Å². The summed E-state index contributed by atoms with van der Waals surface area (Å²) < 4.78 is 5.38. The van der Waals surface area contributed by atoms with Crippen LogP contribution >= 0.6 is 11.8 Å². The molecular weight excluding hydrogens is 244 g/mol. The maximum Gasteiger partial charge on any atom is 0.176 e. The van der Waals surface area contributed by atoms with E-state index in [4.69, 9.17) is 4.74 Å². The van der Waals surface area contributed by atoms with E-state index < -0.39 is 0 Å². The van der Waals surface area contributed by atoms with E-state index in [2.05, 4.69) is 13.8 Å². The van der Waals surface area contributed by atoms with Crippen LogP contribution in [0.2, 0.25) is 0 Å². The minimum atomic E-state index is 0.153. The highest BCUT2D eigenvalue weighted by Crippen LogP contribution is 2.28. The molecule has 0 bridgehead atoms. The third-order valence-electron chi connectivity index (χ3n) is 3.26. The van der Waals surface area contributed by atoms with E-state index in [-0.39, 0.29) is 5.78 Å². The van der Waals surface area contributed by atoms with Gasteiger partial charge in [0.25, 0.3) is 0 Å². The van der Waals surface area contributed by atoms with Gasteiger partial charge in [-0.15, -0.1) is 0 Å². The van der Waals surface area contributed by atoms with E-state index >= 15 is 0 Å². The topological polar surface area (TPSA) is 26.3 Å². The largest absolute Gasteiger partial charge is 0.496 e. The predicted molar refractivity (Wildman–Crippen MR) is 79.0 cm³/mol. The third-order valence-corrected chi connectivity index (χ3v) is 4.59. The van der Waals surface area contributed by atoms with Crippen molar-refractivity contribution in [3.63, 3.8) is 0 Å². The van der Waals surface area contributed by atoms with Crippen molar-refractivity contribution < 1.29 is 9.53 Å². The molecule has 0 aromatic heterocycles. The summed E-state index contributed by atoms with van der Waals surface area (Å²) in [6.45, 7) is 8.31. The number of hydrogen-bond donors (Lipinski definition) is 0. The zero-order valence-corrected chi connectivity index (χ0v) is 12.7. The van der Waals surface area contributed by atoms with Gasteiger partial charge in [0, 0.05) is 5.25 Å². The molecule has 1 rings (SSSR count). The standard InChI is InChI=1S/C15H22O2S/c1-6-11(3)18-9-14(16)13-8-7-10(2)12(4)15(13)17-5/h7-8,11H,6,9H2,1-5H3. The number of ether oxygens (including phenoxy) is 1. The molecule has 1 aromatic carbocycles. The van der Waals surface area contributed by atoms with Crippen LogP contribution in [-0.2, 0) is 0 Å². The van der Waals surface area contributed by atoms with Crippen LogP contribution in [0.1, 0.15) is 41.8 Å². The molecule has 0 aliphatic rings. The lowest BCUT2D eigenvalue weighted by atomic mass is 10.0. The molecule has 2 nitrogen and oxygen atoms in total. The number of thioether (sulfide) groups is 1. The van der Waals surface area contributed by atoms with E-state index in [1.807, 2.05) is 26.0 Å². The van der Waals surface area contributed by atoms with Gasteiger partial charge in [0.1, 0.15) is 5.75 Å². The molecule has 0 amide bonds. The Kier molecular flexibility index (Phi) is 5.73. The molecule has 0 saturated carbocycles. The number of hydrogen-bond acceptors (Lipinski definition) is 3. The zero-order valence-electron chi connectivity index (χ0n) is 11.9. The molecule has 0 spiro atoms. The Balaban J connectivity index is 2.89. The van der Waals surface area contributed by atoms with E-state index in [0.29, 0.717) is 16.6 Å². The van der Waals surface area contributed by atoms with Gasteiger partial charge >= 0.3 is 0 Å². The molecule has 0 heterocycles. The number of rotatable bonds is 6. The van der Waals surface area contributed by atoms with E-state index in [1.165, 1.54) is 0 Å². The second kappa shape index (κ2) is 6.83. The lowest BCUT2D eigenvalue weighted by molar-refractivity contribution is 0.101. The Hall–Kier alpha value is -0.960. The van der Waals surface area contributed by atoms with Crippen LogP contribution in [-0.4, -0.2) is 23.9 Å². The fourth-order valence-corrected chi connectivity index (χ4v) is 2.51. The first-order valence-electron chi connectivity index (χ1n) is 6.30. The fourth-order valence-electron chi connectivity index (χ4n) is 1.69. The van der Waals surface area contributed by atoms with Gasteiger partial charge < -0.3 is 4.74 Å². The Labute approximate surface area is 114 Å². The highest BCUT2D eigenvalue weighted by atomic mass is 32.2. The summed E-state index contributed by atoms with van der Waals surface area (Å²) in [5, 5.41) is 0.520. The number of carbonyl (C=O) groups excluding carboxylic acids is 1. The van der Waals surface area contributed by atoms with Crippen molar-refractivity contribution in [2.24, 2.45) is 0 Å². The molecule has 0 fully saturated rings. The van der Waals surface area contributed by atoms with Crippen LogP contribution in [0, 0.1) is 13.8 Å².